The first-order chi connectivity index (χ1) is 8.54. The van der Waals surface area contributed by atoms with Gasteiger partial charge < -0.3 is 15.8 Å². The molecule has 0 aliphatic heterocycles. The van der Waals surface area contributed by atoms with Crippen molar-refractivity contribution in [3.63, 3.8) is 0 Å². The van der Waals surface area contributed by atoms with Crippen LogP contribution in [0.3, 0.4) is 0 Å². The van der Waals surface area contributed by atoms with Crippen molar-refractivity contribution in [2.24, 2.45) is 11.7 Å². The van der Waals surface area contributed by atoms with Gasteiger partial charge in [0.15, 0.2) is 0 Å². The fourth-order valence-corrected chi connectivity index (χ4v) is 1.49. The highest BCUT2D eigenvalue weighted by atomic mass is 32.1. The summed E-state index contributed by atoms with van der Waals surface area (Å²) in [4.78, 5) is 8.69. The van der Waals surface area contributed by atoms with E-state index in [1.165, 1.54) is 0 Å². The Bertz CT molecular complexity index is 397. The lowest BCUT2D eigenvalue weighted by molar-refractivity contribution is 0.126. The highest BCUT2D eigenvalue weighted by molar-refractivity contribution is 7.80. The molecule has 0 aliphatic carbocycles. The van der Waals surface area contributed by atoms with E-state index in [4.69, 9.17) is 22.7 Å². The molecule has 100 valence electrons. The zero-order valence-electron chi connectivity index (χ0n) is 11.0. The van der Waals surface area contributed by atoms with Crippen LogP contribution in [0.25, 0.3) is 0 Å². The number of hydrogen-bond acceptors (Lipinski definition) is 5. The molecule has 6 heteroatoms. The summed E-state index contributed by atoms with van der Waals surface area (Å²) < 4.78 is 5.44. The molecule has 1 heterocycles. The Morgan fingerprint density at radius 1 is 1.56 bits per heavy atom. The SMILES string of the molecule is CCOCC(Nc1nccc(C(N)=S)n1)C(C)C. The first kappa shape index (κ1) is 14.8. The van der Waals surface area contributed by atoms with Crippen LogP contribution >= 0.6 is 12.2 Å². The molecule has 0 fully saturated rings. The summed E-state index contributed by atoms with van der Waals surface area (Å²) >= 11 is 4.89. The predicted octanol–water partition coefficient (Wildman–Crippen LogP) is 1.58. The van der Waals surface area contributed by atoms with Crippen LogP contribution in [0.4, 0.5) is 5.95 Å². The second kappa shape index (κ2) is 7.23. The van der Waals surface area contributed by atoms with E-state index < -0.39 is 0 Å². The van der Waals surface area contributed by atoms with Gasteiger partial charge in [-0.1, -0.05) is 26.1 Å². The third-order valence-corrected chi connectivity index (χ3v) is 2.74. The topological polar surface area (TPSA) is 73.1 Å². The molecule has 0 aliphatic rings. The summed E-state index contributed by atoms with van der Waals surface area (Å²) in [6.45, 7) is 7.52. The van der Waals surface area contributed by atoms with Crippen molar-refractivity contribution in [1.82, 2.24) is 9.97 Å². The number of thiocarbonyl (C=S) groups is 1. The normalized spacial score (nSPS) is 12.4. The number of rotatable bonds is 7. The summed E-state index contributed by atoms with van der Waals surface area (Å²) in [6, 6.07) is 1.85. The average molecular weight is 268 g/mol. The van der Waals surface area contributed by atoms with Crippen LogP contribution in [0.5, 0.6) is 0 Å². The number of aromatic nitrogens is 2. The molecule has 0 radical (unpaired) electrons. The number of nitrogens with one attached hydrogen (secondary N) is 1. The van der Waals surface area contributed by atoms with Crippen LogP contribution in [0, 0.1) is 5.92 Å². The third-order valence-electron chi connectivity index (χ3n) is 2.53. The maximum atomic E-state index is 5.54. The molecule has 1 rings (SSSR count). The van der Waals surface area contributed by atoms with Crippen molar-refractivity contribution in [2.45, 2.75) is 26.8 Å². The van der Waals surface area contributed by atoms with E-state index in [9.17, 15) is 0 Å². The molecule has 3 N–H and O–H groups in total. The molecule has 18 heavy (non-hydrogen) atoms. The van der Waals surface area contributed by atoms with Crippen molar-refractivity contribution in [2.75, 3.05) is 18.5 Å². The van der Waals surface area contributed by atoms with Crippen LogP contribution in [-0.4, -0.2) is 34.2 Å². The Morgan fingerprint density at radius 2 is 2.28 bits per heavy atom. The van der Waals surface area contributed by atoms with Crippen LogP contribution in [0.15, 0.2) is 12.3 Å². The Balaban J connectivity index is 2.73. The molecule has 0 saturated carbocycles. The minimum atomic E-state index is 0.159. The van der Waals surface area contributed by atoms with Crippen molar-refractivity contribution in [3.8, 4) is 0 Å². The van der Waals surface area contributed by atoms with Gasteiger partial charge in [0.25, 0.3) is 0 Å². The Labute approximate surface area is 113 Å². The summed E-state index contributed by atoms with van der Waals surface area (Å²) in [5.41, 5.74) is 6.11. The summed E-state index contributed by atoms with van der Waals surface area (Å²) in [7, 11) is 0. The van der Waals surface area contributed by atoms with Gasteiger partial charge in [0.05, 0.1) is 12.6 Å². The standard InChI is InChI=1S/C12H20N4OS/c1-4-17-7-10(8(2)3)16-12-14-6-5-9(15-12)11(13)18/h5-6,8,10H,4,7H2,1-3H3,(H2,13,18)(H,14,15,16). The highest BCUT2D eigenvalue weighted by Crippen LogP contribution is 2.09. The van der Waals surface area contributed by atoms with Gasteiger partial charge in [0.2, 0.25) is 5.95 Å². The summed E-state index contributed by atoms with van der Waals surface area (Å²) in [5.74, 6) is 0.937. The average Bonchev–Trinajstić information content (AvgIpc) is 2.34. The number of anilines is 1. The Kier molecular flexibility index (Phi) is 5.94. The number of nitrogens with zero attached hydrogens (tertiary/aromatic N) is 2. The number of nitrogens with two attached hydrogens (primary N) is 1. The van der Waals surface area contributed by atoms with Gasteiger partial charge in [-0.05, 0) is 18.9 Å². The van der Waals surface area contributed by atoms with E-state index in [-0.39, 0.29) is 11.0 Å². The quantitative estimate of drug-likeness (QED) is 0.732. The van der Waals surface area contributed by atoms with Gasteiger partial charge in [-0.2, -0.15) is 0 Å². The van der Waals surface area contributed by atoms with Crippen LogP contribution in [-0.2, 0) is 4.74 Å². The number of hydrogen-bond donors (Lipinski definition) is 2. The molecule has 0 aromatic carbocycles. The predicted molar refractivity (Wildman–Crippen MR) is 76.7 cm³/mol. The van der Waals surface area contributed by atoms with E-state index in [2.05, 4.69) is 29.1 Å². The van der Waals surface area contributed by atoms with E-state index >= 15 is 0 Å². The fraction of sp³-hybridized carbons (Fsp3) is 0.583. The molecule has 0 amide bonds. The van der Waals surface area contributed by atoms with Crippen molar-refractivity contribution < 1.29 is 4.74 Å². The second-order valence-electron chi connectivity index (χ2n) is 4.28. The maximum Gasteiger partial charge on any atom is 0.223 e. The highest BCUT2D eigenvalue weighted by Gasteiger charge is 2.14. The summed E-state index contributed by atoms with van der Waals surface area (Å²) in [6.07, 6.45) is 1.64. The van der Waals surface area contributed by atoms with E-state index in [0.717, 1.165) is 0 Å². The fourth-order valence-electron chi connectivity index (χ4n) is 1.38. The maximum absolute atomic E-state index is 5.54. The van der Waals surface area contributed by atoms with E-state index in [1.807, 2.05) is 6.92 Å². The van der Waals surface area contributed by atoms with Gasteiger partial charge in [0.1, 0.15) is 10.7 Å². The van der Waals surface area contributed by atoms with Gasteiger partial charge in [-0.25, -0.2) is 9.97 Å². The van der Waals surface area contributed by atoms with Gasteiger partial charge in [-0.3, -0.25) is 0 Å². The lowest BCUT2D eigenvalue weighted by Gasteiger charge is -2.22. The molecule has 5 nitrogen and oxygen atoms in total. The molecule has 0 bridgehead atoms. The van der Waals surface area contributed by atoms with Crippen LogP contribution < -0.4 is 11.1 Å². The molecule has 0 spiro atoms. The molecule has 1 aromatic rings. The monoisotopic (exact) mass is 268 g/mol. The molecular weight excluding hydrogens is 248 g/mol. The van der Waals surface area contributed by atoms with Crippen LogP contribution in [0.1, 0.15) is 26.5 Å². The third kappa shape index (κ3) is 4.54. The lowest BCUT2D eigenvalue weighted by Crippen LogP contribution is -2.32. The van der Waals surface area contributed by atoms with E-state index in [1.54, 1.807) is 12.3 Å². The Hall–Kier alpha value is -1.27. The Morgan fingerprint density at radius 3 is 2.83 bits per heavy atom. The molecule has 1 unspecified atom stereocenters. The molecule has 1 atom stereocenters. The zero-order valence-corrected chi connectivity index (χ0v) is 11.8. The largest absolute Gasteiger partial charge is 0.388 e. The summed E-state index contributed by atoms with van der Waals surface area (Å²) in [5, 5.41) is 3.25. The molecule has 1 aromatic heterocycles. The van der Waals surface area contributed by atoms with Gasteiger partial charge in [0, 0.05) is 12.8 Å². The van der Waals surface area contributed by atoms with Crippen molar-refractivity contribution >= 4 is 23.2 Å². The minimum Gasteiger partial charge on any atom is -0.388 e. The van der Waals surface area contributed by atoms with Crippen molar-refractivity contribution in [1.29, 1.82) is 0 Å². The van der Waals surface area contributed by atoms with Gasteiger partial charge in [-0.15, -0.1) is 0 Å². The lowest BCUT2D eigenvalue weighted by atomic mass is 10.1. The minimum absolute atomic E-state index is 0.159. The van der Waals surface area contributed by atoms with E-state index in [0.29, 0.717) is 30.8 Å². The van der Waals surface area contributed by atoms with Crippen LogP contribution in [0.2, 0.25) is 0 Å². The molecule has 0 saturated heterocycles. The smallest absolute Gasteiger partial charge is 0.223 e. The molecular formula is C12H20N4OS. The first-order valence-electron chi connectivity index (χ1n) is 6.01. The van der Waals surface area contributed by atoms with Crippen molar-refractivity contribution in [3.05, 3.63) is 18.0 Å². The van der Waals surface area contributed by atoms with Gasteiger partial charge >= 0.3 is 0 Å². The zero-order chi connectivity index (χ0) is 13.5. The number of ether oxygens (including phenoxy) is 1. The second-order valence-corrected chi connectivity index (χ2v) is 4.72. The first-order valence-corrected chi connectivity index (χ1v) is 6.42.